The molecule has 13 heavy (non-hydrogen) atoms. The minimum Gasteiger partial charge on any atom is -0.310 e. The average molecular weight is 287 g/mol. The predicted molar refractivity (Wildman–Crippen MR) is 63.8 cm³/mol. The first kappa shape index (κ1) is 9.46. The number of halogens is 1. The summed E-state index contributed by atoms with van der Waals surface area (Å²) in [5.41, 5.74) is 1.44. The molecule has 1 aliphatic rings. The topological polar surface area (TPSA) is 12.0 Å². The molecule has 0 aromatic heterocycles. The molecule has 1 N–H and O–H groups in total. The molecular weight excluding hydrogens is 273 g/mol. The highest BCUT2D eigenvalue weighted by atomic mass is 127. The van der Waals surface area contributed by atoms with Gasteiger partial charge >= 0.3 is 0 Å². The summed E-state index contributed by atoms with van der Waals surface area (Å²) in [6, 6.07) is 9.46. The zero-order valence-electron chi connectivity index (χ0n) is 7.59. The van der Waals surface area contributed by atoms with Crippen molar-refractivity contribution in [1.82, 2.24) is 5.32 Å². The van der Waals surface area contributed by atoms with Gasteiger partial charge < -0.3 is 5.32 Å². The number of rotatable bonds is 1. The Morgan fingerprint density at radius 1 is 1.15 bits per heavy atom. The van der Waals surface area contributed by atoms with Crippen molar-refractivity contribution in [3.05, 3.63) is 33.4 Å². The molecular formula is C11H14IN. The molecule has 0 aliphatic carbocycles. The molecule has 0 saturated carbocycles. The van der Waals surface area contributed by atoms with E-state index in [-0.39, 0.29) is 0 Å². The lowest BCUT2D eigenvalue weighted by atomic mass is 9.98. The third-order valence-corrected chi connectivity index (χ3v) is 3.30. The van der Waals surface area contributed by atoms with Gasteiger partial charge in [0.15, 0.2) is 0 Å². The van der Waals surface area contributed by atoms with Crippen molar-refractivity contribution in [1.29, 1.82) is 0 Å². The first-order valence-electron chi connectivity index (χ1n) is 4.85. The molecule has 1 heterocycles. The van der Waals surface area contributed by atoms with Crippen LogP contribution in [0.1, 0.15) is 30.9 Å². The fraction of sp³-hybridized carbons (Fsp3) is 0.455. The maximum Gasteiger partial charge on any atom is 0.0320 e. The van der Waals surface area contributed by atoms with Crippen molar-refractivity contribution in [2.75, 3.05) is 6.54 Å². The maximum atomic E-state index is 3.55. The summed E-state index contributed by atoms with van der Waals surface area (Å²) in [6.45, 7) is 1.18. The van der Waals surface area contributed by atoms with E-state index in [2.05, 4.69) is 52.2 Å². The van der Waals surface area contributed by atoms with Gasteiger partial charge in [-0.05, 0) is 59.7 Å². The standard InChI is InChI=1S/C11H14IN/c12-10-6-4-9(5-7-10)11-3-1-2-8-13-11/h4-7,11,13H,1-3,8H2/t11-/m0/s1. The van der Waals surface area contributed by atoms with Crippen LogP contribution in [-0.4, -0.2) is 6.54 Å². The van der Waals surface area contributed by atoms with E-state index in [0.717, 1.165) is 0 Å². The molecule has 2 rings (SSSR count). The maximum absolute atomic E-state index is 3.55. The van der Waals surface area contributed by atoms with Gasteiger partial charge in [0.1, 0.15) is 0 Å². The predicted octanol–water partition coefficient (Wildman–Crippen LogP) is 3.11. The second-order valence-electron chi connectivity index (χ2n) is 3.55. The van der Waals surface area contributed by atoms with Gasteiger partial charge in [-0.15, -0.1) is 0 Å². The summed E-state index contributed by atoms with van der Waals surface area (Å²) in [5.74, 6) is 0. The monoisotopic (exact) mass is 287 g/mol. The number of benzene rings is 1. The molecule has 2 heteroatoms. The lowest BCUT2D eigenvalue weighted by molar-refractivity contribution is 0.412. The first-order valence-corrected chi connectivity index (χ1v) is 5.93. The van der Waals surface area contributed by atoms with Crippen LogP contribution in [-0.2, 0) is 0 Å². The van der Waals surface area contributed by atoms with Gasteiger partial charge in [0, 0.05) is 9.61 Å². The molecule has 1 nitrogen and oxygen atoms in total. The van der Waals surface area contributed by atoms with Crippen LogP contribution in [0.25, 0.3) is 0 Å². The molecule has 0 spiro atoms. The van der Waals surface area contributed by atoms with Crippen molar-refractivity contribution < 1.29 is 0 Å². The van der Waals surface area contributed by atoms with Crippen LogP contribution in [0, 0.1) is 3.57 Å². The summed E-state index contributed by atoms with van der Waals surface area (Å²) >= 11 is 2.35. The highest BCUT2D eigenvalue weighted by molar-refractivity contribution is 14.1. The lowest BCUT2D eigenvalue weighted by Crippen LogP contribution is -2.26. The number of hydrogen-bond donors (Lipinski definition) is 1. The molecule has 1 fully saturated rings. The molecule has 1 aliphatic heterocycles. The highest BCUT2D eigenvalue weighted by Crippen LogP contribution is 2.23. The zero-order chi connectivity index (χ0) is 9.10. The Morgan fingerprint density at radius 2 is 1.92 bits per heavy atom. The van der Waals surface area contributed by atoms with E-state index < -0.39 is 0 Å². The Kier molecular flexibility index (Phi) is 3.22. The normalized spacial score (nSPS) is 23.0. The van der Waals surface area contributed by atoms with E-state index in [0.29, 0.717) is 6.04 Å². The van der Waals surface area contributed by atoms with Crippen molar-refractivity contribution in [3.63, 3.8) is 0 Å². The van der Waals surface area contributed by atoms with Gasteiger partial charge in [0.05, 0.1) is 0 Å². The third-order valence-electron chi connectivity index (χ3n) is 2.58. The van der Waals surface area contributed by atoms with Gasteiger partial charge in [0.25, 0.3) is 0 Å². The molecule has 1 aromatic carbocycles. The van der Waals surface area contributed by atoms with Crippen molar-refractivity contribution >= 4 is 22.6 Å². The molecule has 1 atom stereocenters. The van der Waals surface area contributed by atoms with E-state index in [9.17, 15) is 0 Å². The van der Waals surface area contributed by atoms with Gasteiger partial charge in [-0.25, -0.2) is 0 Å². The molecule has 70 valence electrons. The molecule has 1 saturated heterocycles. The second-order valence-corrected chi connectivity index (χ2v) is 4.80. The zero-order valence-corrected chi connectivity index (χ0v) is 9.75. The summed E-state index contributed by atoms with van der Waals surface area (Å²) in [5, 5.41) is 3.55. The van der Waals surface area contributed by atoms with Crippen molar-refractivity contribution in [2.45, 2.75) is 25.3 Å². The smallest absolute Gasteiger partial charge is 0.0320 e. The average Bonchev–Trinajstić information content (AvgIpc) is 2.20. The van der Waals surface area contributed by atoms with Gasteiger partial charge in [-0.1, -0.05) is 18.6 Å². The lowest BCUT2D eigenvalue weighted by Gasteiger charge is -2.23. The Labute approximate surface area is 93.1 Å². The van der Waals surface area contributed by atoms with E-state index in [1.165, 1.54) is 34.9 Å². The van der Waals surface area contributed by atoms with Crippen LogP contribution in [0.4, 0.5) is 0 Å². The van der Waals surface area contributed by atoms with Crippen LogP contribution in [0.15, 0.2) is 24.3 Å². The van der Waals surface area contributed by atoms with Crippen molar-refractivity contribution in [3.8, 4) is 0 Å². The second kappa shape index (κ2) is 4.42. The van der Waals surface area contributed by atoms with E-state index >= 15 is 0 Å². The Morgan fingerprint density at radius 3 is 2.54 bits per heavy atom. The fourth-order valence-corrected chi connectivity index (χ4v) is 2.19. The molecule has 1 aromatic rings. The van der Waals surface area contributed by atoms with E-state index in [1.54, 1.807) is 0 Å². The third kappa shape index (κ3) is 2.44. The van der Waals surface area contributed by atoms with Gasteiger partial charge in [-0.2, -0.15) is 0 Å². The van der Waals surface area contributed by atoms with Crippen LogP contribution < -0.4 is 5.32 Å². The van der Waals surface area contributed by atoms with Crippen LogP contribution in [0.5, 0.6) is 0 Å². The number of hydrogen-bond acceptors (Lipinski definition) is 1. The summed E-state index contributed by atoms with van der Waals surface area (Å²) < 4.78 is 1.32. The first-order chi connectivity index (χ1) is 6.36. The summed E-state index contributed by atoms with van der Waals surface area (Å²) in [7, 11) is 0. The molecule has 0 bridgehead atoms. The quantitative estimate of drug-likeness (QED) is 0.783. The minimum atomic E-state index is 0.603. The van der Waals surface area contributed by atoms with E-state index in [1.807, 2.05) is 0 Å². The number of piperidine rings is 1. The summed E-state index contributed by atoms with van der Waals surface area (Å²) in [4.78, 5) is 0. The molecule has 0 unspecified atom stereocenters. The summed E-state index contributed by atoms with van der Waals surface area (Å²) in [6.07, 6.45) is 3.99. The van der Waals surface area contributed by atoms with Crippen molar-refractivity contribution in [2.24, 2.45) is 0 Å². The molecule has 0 radical (unpaired) electrons. The highest BCUT2D eigenvalue weighted by Gasteiger charge is 2.13. The Hall–Kier alpha value is -0.0900. The van der Waals surface area contributed by atoms with Crippen LogP contribution in [0.3, 0.4) is 0 Å². The molecule has 0 amide bonds. The Bertz CT molecular complexity index is 262. The van der Waals surface area contributed by atoms with Gasteiger partial charge in [0.2, 0.25) is 0 Å². The SMILES string of the molecule is Ic1ccc([C@@H]2CCCCN2)cc1. The largest absolute Gasteiger partial charge is 0.310 e. The Balaban J connectivity index is 2.10. The van der Waals surface area contributed by atoms with Crippen LogP contribution >= 0.6 is 22.6 Å². The van der Waals surface area contributed by atoms with Gasteiger partial charge in [-0.3, -0.25) is 0 Å². The van der Waals surface area contributed by atoms with E-state index in [4.69, 9.17) is 0 Å². The fourth-order valence-electron chi connectivity index (χ4n) is 1.83. The number of nitrogens with one attached hydrogen (secondary N) is 1. The van der Waals surface area contributed by atoms with Crippen LogP contribution in [0.2, 0.25) is 0 Å². The minimum absolute atomic E-state index is 0.603.